The zero-order chi connectivity index (χ0) is 18.3. The average molecular weight is 370 g/mol. The number of methoxy groups -OCH3 is 1. The number of halogens is 1. The van der Waals surface area contributed by atoms with Gasteiger partial charge in [-0.25, -0.2) is 4.98 Å². The molecular formula is C19H16ClN3O3. The topological polar surface area (TPSA) is 76.4 Å². The highest BCUT2D eigenvalue weighted by Crippen LogP contribution is 2.40. The monoisotopic (exact) mass is 369 g/mol. The van der Waals surface area contributed by atoms with Crippen molar-refractivity contribution in [1.29, 1.82) is 0 Å². The maximum atomic E-state index is 12.3. The van der Waals surface area contributed by atoms with E-state index in [1.165, 1.54) is 7.11 Å². The number of hydrogen-bond acceptors (Lipinski definition) is 4. The van der Waals surface area contributed by atoms with Gasteiger partial charge in [-0.1, -0.05) is 29.8 Å². The minimum Gasteiger partial charge on any atom is -0.504 e. The summed E-state index contributed by atoms with van der Waals surface area (Å²) in [6.45, 7) is 0. The molecule has 26 heavy (non-hydrogen) atoms. The Balaban J connectivity index is 1.83. The number of ether oxygens (including phenoxy) is 1. The van der Waals surface area contributed by atoms with Crippen LogP contribution in [0.4, 0.5) is 5.82 Å². The van der Waals surface area contributed by atoms with E-state index in [0.29, 0.717) is 16.6 Å². The molecule has 1 atom stereocenters. The van der Waals surface area contributed by atoms with E-state index in [9.17, 15) is 9.90 Å². The Labute approximate surface area is 155 Å². The van der Waals surface area contributed by atoms with Gasteiger partial charge in [-0.3, -0.25) is 9.36 Å². The van der Waals surface area contributed by atoms with Crippen LogP contribution >= 0.6 is 11.6 Å². The van der Waals surface area contributed by atoms with E-state index in [0.717, 1.165) is 16.9 Å². The lowest BCUT2D eigenvalue weighted by Crippen LogP contribution is -2.25. The van der Waals surface area contributed by atoms with Crippen LogP contribution in [0.2, 0.25) is 5.02 Å². The summed E-state index contributed by atoms with van der Waals surface area (Å²) in [5.41, 5.74) is 2.34. The number of hydrogen-bond donors (Lipinski definition) is 2. The number of benzene rings is 2. The minimum atomic E-state index is -0.239. The Hall–Kier alpha value is -2.99. The number of phenolic OH excluding ortho intramolecular Hbond substituents is 1. The summed E-state index contributed by atoms with van der Waals surface area (Å²) in [6, 6.07) is 12.4. The molecule has 0 saturated carbocycles. The van der Waals surface area contributed by atoms with E-state index in [2.05, 4.69) is 10.3 Å². The molecule has 1 aliphatic rings. The van der Waals surface area contributed by atoms with Gasteiger partial charge >= 0.3 is 0 Å². The van der Waals surface area contributed by atoms with Gasteiger partial charge in [-0.05, 0) is 29.8 Å². The lowest BCUT2D eigenvalue weighted by Gasteiger charge is -2.24. The van der Waals surface area contributed by atoms with Crippen LogP contribution in [-0.2, 0) is 4.79 Å². The molecule has 0 spiro atoms. The van der Waals surface area contributed by atoms with Crippen molar-refractivity contribution in [3.63, 3.8) is 0 Å². The summed E-state index contributed by atoms with van der Waals surface area (Å²) in [6.07, 6.45) is 1.92. The van der Waals surface area contributed by atoms with Crippen LogP contribution < -0.4 is 10.1 Å². The number of carbonyl (C=O) groups excluding carboxylic acids is 1. The first-order valence-electron chi connectivity index (χ1n) is 8.07. The van der Waals surface area contributed by atoms with Gasteiger partial charge in [0.15, 0.2) is 11.5 Å². The first-order valence-corrected chi connectivity index (χ1v) is 8.45. The third kappa shape index (κ3) is 2.68. The Morgan fingerprint density at radius 2 is 2.12 bits per heavy atom. The first kappa shape index (κ1) is 16.5. The van der Waals surface area contributed by atoms with E-state index in [4.69, 9.17) is 16.3 Å². The lowest BCUT2D eigenvalue weighted by atomic mass is 9.89. The molecule has 2 aromatic carbocycles. The largest absolute Gasteiger partial charge is 0.504 e. The van der Waals surface area contributed by atoms with Gasteiger partial charge in [0, 0.05) is 12.3 Å². The molecule has 3 aromatic rings. The Kier molecular flexibility index (Phi) is 4.05. The van der Waals surface area contributed by atoms with Crippen LogP contribution in [0.15, 0.2) is 48.8 Å². The molecule has 0 unspecified atom stereocenters. The highest BCUT2D eigenvalue weighted by atomic mass is 35.5. The van der Waals surface area contributed by atoms with Gasteiger partial charge in [-0.2, -0.15) is 0 Å². The van der Waals surface area contributed by atoms with Crippen LogP contribution in [0.1, 0.15) is 23.6 Å². The summed E-state index contributed by atoms with van der Waals surface area (Å²) in [5.74, 6) is 0.672. The molecule has 2 heterocycles. The zero-order valence-corrected chi connectivity index (χ0v) is 14.7. The van der Waals surface area contributed by atoms with Crippen molar-refractivity contribution in [3.05, 3.63) is 65.1 Å². The number of aromatic nitrogens is 2. The average Bonchev–Trinajstić information content (AvgIpc) is 3.05. The molecule has 4 rings (SSSR count). The summed E-state index contributed by atoms with van der Waals surface area (Å²) in [4.78, 5) is 16.9. The molecule has 7 heteroatoms. The molecule has 1 aliphatic heterocycles. The molecule has 0 aliphatic carbocycles. The van der Waals surface area contributed by atoms with Gasteiger partial charge in [0.1, 0.15) is 12.1 Å². The Bertz CT molecular complexity index is 999. The van der Waals surface area contributed by atoms with Crippen molar-refractivity contribution in [2.45, 2.75) is 12.3 Å². The normalized spacial score (nSPS) is 16.1. The smallest absolute Gasteiger partial charge is 0.226 e. The van der Waals surface area contributed by atoms with Gasteiger partial charge in [0.2, 0.25) is 5.91 Å². The second-order valence-electron chi connectivity index (χ2n) is 6.04. The number of rotatable bonds is 3. The number of para-hydroxylation sites is 1. The van der Waals surface area contributed by atoms with Crippen molar-refractivity contribution in [2.75, 3.05) is 12.4 Å². The van der Waals surface area contributed by atoms with Crippen LogP contribution in [-0.4, -0.2) is 27.7 Å². The quantitative estimate of drug-likeness (QED) is 0.737. The molecule has 132 valence electrons. The molecule has 0 radical (unpaired) electrons. The second-order valence-corrected chi connectivity index (χ2v) is 6.44. The predicted octanol–water partition coefficient (Wildman–Crippen LogP) is 3.71. The highest BCUT2D eigenvalue weighted by Gasteiger charge is 2.31. The molecular weight excluding hydrogens is 354 g/mol. The second kappa shape index (κ2) is 6.38. The SMILES string of the molecule is COc1cc([C@H]2CC(=O)Nc3c2ncn3-c2ccccc2Cl)ccc1O. The van der Waals surface area contributed by atoms with Crippen molar-refractivity contribution >= 4 is 23.3 Å². The number of aromatic hydroxyl groups is 1. The zero-order valence-electron chi connectivity index (χ0n) is 13.9. The molecule has 0 fully saturated rings. The molecule has 2 N–H and O–H groups in total. The first-order chi connectivity index (χ1) is 12.6. The number of phenols is 1. The van der Waals surface area contributed by atoms with Crippen LogP contribution in [0.5, 0.6) is 11.5 Å². The third-order valence-corrected chi connectivity index (χ3v) is 4.81. The van der Waals surface area contributed by atoms with E-state index in [1.807, 2.05) is 18.2 Å². The molecule has 6 nitrogen and oxygen atoms in total. The molecule has 0 saturated heterocycles. The maximum absolute atomic E-state index is 12.3. The van der Waals surface area contributed by atoms with Gasteiger partial charge < -0.3 is 15.2 Å². The van der Waals surface area contributed by atoms with E-state index in [-0.39, 0.29) is 24.0 Å². The number of carbonyl (C=O) groups is 1. The van der Waals surface area contributed by atoms with E-state index >= 15 is 0 Å². The van der Waals surface area contributed by atoms with E-state index in [1.54, 1.807) is 35.2 Å². The highest BCUT2D eigenvalue weighted by molar-refractivity contribution is 6.32. The van der Waals surface area contributed by atoms with Crippen molar-refractivity contribution < 1.29 is 14.6 Å². The Morgan fingerprint density at radius 3 is 2.88 bits per heavy atom. The van der Waals surface area contributed by atoms with Crippen molar-refractivity contribution in [3.8, 4) is 17.2 Å². The number of imidazole rings is 1. The van der Waals surface area contributed by atoms with Crippen LogP contribution in [0.3, 0.4) is 0 Å². The van der Waals surface area contributed by atoms with Gasteiger partial charge in [-0.15, -0.1) is 0 Å². The Morgan fingerprint density at radius 1 is 1.31 bits per heavy atom. The van der Waals surface area contributed by atoms with Crippen LogP contribution in [0.25, 0.3) is 5.69 Å². The van der Waals surface area contributed by atoms with Crippen LogP contribution in [0, 0.1) is 0 Å². The summed E-state index contributed by atoms with van der Waals surface area (Å²) < 4.78 is 6.97. The number of nitrogens with one attached hydrogen (secondary N) is 1. The summed E-state index contributed by atoms with van der Waals surface area (Å²) in [7, 11) is 1.49. The molecule has 1 aromatic heterocycles. The van der Waals surface area contributed by atoms with E-state index < -0.39 is 0 Å². The molecule has 1 amide bonds. The number of nitrogens with zero attached hydrogens (tertiary/aromatic N) is 2. The van der Waals surface area contributed by atoms with Crippen molar-refractivity contribution in [2.24, 2.45) is 0 Å². The fourth-order valence-electron chi connectivity index (χ4n) is 3.22. The minimum absolute atomic E-state index is 0.0540. The third-order valence-electron chi connectivity index (χ3n) is 4.49. The number of amides is 1. The lowest BCUT2D eigenvalue weighted by molar-refractivity contribution is -0.116. The standard InChI is InChI=1S/C19H16ClN3O3/c1-26-16-8-11(6-7-15(16)24)12-9-17(25)22-19-18(12)21-10-23(19)14-5-3-2-4-13(14)20/h2-8,10,12,24H,9H2,1H3,(H,22,25)/t12-/m1/s1. The fraction of sp³-hybridized carbons (Fsp3) is 0.158. The maximum Gasteiger partial charge on any atom is 0.226 e. The number of anilines is 1. The van der Waals surface area contributed by atoms with Gasteiger partial charge in [0.25, 0.3) is 0 Å². The summed E-state index contributed by atoms with van der Waals surface area (Å²) >= 11 is 6.30. The predicted molar refractivity (Wildman–Crippen MR) is 98.3 cm³/mol. The number of fused-ring (bicyclic) bond motifs is 1. The van der Waals surface area contributed by atoms with Gasteiger partial charge in [0.05, 0.1) is 23.5 Å². The molecule has 0 bridgehead atoms. The fourth-order valence-corrected chi connectivity index (χ4v) is 3.45. The summed E-state index contributed by atoms with van der Waals surface area (Å²) in [5, 5.41) is 13.3. The van der Waals surface area contributed by atoms with Crippen molar-refractivity contribution in [1.82, 2.24) is 9.55 Å².